The van der Waals surface area contributed by atoms with Crippen LogP contribution in [-0.2, 0) is 6.42 Å². The van der Waals surface area contributed by atoms with Crippen LogP contribution in [0.5, 0.6) is 0 Å². The van der Waals surface area contributed by atoms with Gasteiger partial charge in [0.2, 0.25) is 0 Å². The van der Waals surface area contributed by atoms with Crippen molar-refractivity contribution in [1.82, 2.24) is 0 Å². The molecule has 1 saturated carbocycles. The molecule has 1 aromatic carbocycles. The third kappa shape index (κ3) is 3.53. The molecule has 4 heteroatoms. The molecule has 0 bridgehead atoms. The maximum atomic E-state index is 10.6. The van der Waals surface area contributed by atoms with Gasteiger partial charge in [-0.3, -0.25) is 10.1 Å². The van der Waals surface area contributed by atoms with Crippen LogP contribution in [0.4, 0.5) is 5.69 Å². The molecular weight excluding hydrogens is 240 g/mol. The minimum Gasteiger partial charge on any atom is -0.325 e. The molecule has 0 aromatic heterocycles. The van der Waals surface area contributed by atoms with Gasteiger partial charge in [-0.1, -0.05) is 26.0 Å². The number of non-ortho nitro benzene ring substituents is 1. The first-order valence-corrected chi connectivity index (χ1v) is 6.82. The Morgan fingerprint density at radius 1 is 1.16 bits per heavy atom. The minimum atomic E-state index is -0.370. The number of nitrogens with zero attached hydrogens (tertiary/aromatic N) is 1. The Labute approximate surface area is 114 Å². The highest BCUT2D eigenvalue weighted by Crippen LogP contribution is 2.40. The van der Waals surface area contributed by atoms with E-state index in [2.05, 4.69) is 13.8 Å². The van der Waals surface area contributed by atoms with Crippen LogP contribution in [-0.4, -0.2) is 10.5 Å². The summed E-state index contributed by atoms with van der Waals surface area (Å²) in [6.07, 6.45) is 5.15. The summed E-state index contributed by atoms with van der Waals surface area (Å²) in [5.74, 6) is 0. The molecule has 19 heavy (non-hydrogen) atoms. The van der Waals surface area contributed by atoms with Gasteiger partial charge in [-0.2, -0.15) is 0 Å². The molecule has 0 radical (unpaired) electrons. The Morgan fingerprint density at radius 2 is 1.68 bits per heavy atom. The van der Waals surface area contributed by atoms with Crippen molar-refractivity contribution in [2.75, 3.05) is 0 Å². The molecule has 1 fully saturated rings. The highest BCUT2D eigenvalue weighted by Gasteiger charge is 2.35. The van der Waals surface area contributed by atoms with Gasteiger partial charge >= 0.3 is 0 Å². The SMILES string of the molecule is CC1(C)CCC(N)(Cc2ccc([N+](=O)[O-])cc2)CC1. The topological polar surface area (TPSA) is 69.2 Å². The van der Waals surface area contributed by atoms with Crippen molar-refractivity contribution in [3.05, 3.63) is 39.9 Å². The van der Waals surface area contributed by atoms with Crippen molar-refractivity contribution in [2.45, 2.75) is 51.5 Å². The summed E-state index contributed by atoms with van der Waals surface area (Å²) in [6, 6.07) is 6.77. The Hall–Kier alpha value is -1.42. The largest absolute Gasteiger partial charge is 0.325 e. The van der Waals surface area contributed by atoms with Crippen LogP contribution in [0.3, 0.4) is 0 Å². The third-order valence-corrected chi connectivity index (χ3v) is 4.30. The first-order valence-electron chi connectivity index (χ1n) is 6.82. The second-order valence-corrected chi connectivity index (χ2v) is 6.63. The van der Waals surface area contributed by atoms with Gasteiger partial charge in [-0.25, -0.2) is 0 Å². The van der Waals surface area contributed by atoms with Crippen LogP contribution in [0.15, 0.2) is 24.3 Å². The zero-order valence-electron chi connectivity index (χ0n) is 11.7. The Kier molecular flexibility index (Phi) is 3.63. The fraction of sp³-hybridized carbons (Fsp3) is 0.600. The number of nitro groups is 1. The normalized spacial score (nSPS) is 21.0. The zero-order valence-corrected chi connectivity index (χ0v) is 11.7. The first-order chi connectivity index (χ1) is 8.80. The van der Waals surface area contributed by atoms with E-state index in [0.29, 0.717) is 5.41 Å². The highest BCUT2D eigenvalue weighted by atomic mass is 16.6. The van der Waals surface area contributed by atoms with E-state index in [1.165, 1.54) is 0 Å². The lowest BCUT2D eigenvalue weighted by molar-refractivity contribution is -0.384. The number of nitro benzene ring substituents is 1. The lowest BCUT2D eigenvalue weighted by atomic mass is 9.68. The molecule has 0 heterocycles. The second kappa shape index (κ2) is 4.93. The fourth-order valence-electron chi connectivity index (χ4n) is 2.74. The Bertz CT molecular complexity index is 456. The quantitative estimate of drug-likeness (QED) is 0.670. The average Bonchev–Trinajstić information content (AvgIpc) is 2.34. The molecule has 2 N–H and O–H groups in total. The van der Waals surface area contributed by atoms with E-state index in [9.17, 15) is 10.1 Å². The van der Waals surface area contributed by atoms with Gasteiger partial charge in [0.25, 0.3) is 5.69 Å². The van der Waals surface area contributed by atoms with Crippen molar-refractivity contribution >= 4 is 5.69 Å². The monoisotopic (exact) mass is 262 g/mol. The van der Waals surface area contributed by atoms with E-state index in [0.717, 1.165) is 37.7 Å². The highest BCUT2D eigenvalue weighted by molar-refractivity contribution is 5.33. The van der Waals surface area contributed by atoms with Gasteiger partial charge in [-0.05, 0) is 43.1 Å². The molecule has 0 unspecified atom stereocenters. The van der Waals surface area contributed by atoms with Crippen LogP contribution in [0.1, 0.15) is 45.1 Å². The van der Waals surface area contributed by atoms with E-state index >= 15 is 0 Å². The summed E-state index contributed by atoms with van der Waals surface area (Å²) in [5.41, 5.74) is 7.96. The Morgan fingerprint density at radius 3 is 2.16 bits per heavy atom. The summed E-state index contributed by atoms with van der Waals surface area (Å²) in [7, 11) is 0. The zero-order chi connectivity index (χ0) is 14.1. The summed E-state index contributed by atoms with van der Waals surface area (Å²) in [5, 5.41) is 10.6. The van der Waals surface area contributed by atoms with Gasteiger partial charge in [0.1, 0.15) is 0 Å². The smallest absolute Gasteiger partial charge is 0.269 e. The molecule has 0 saturated heterocycles. The second-order valence-electron chi connectivity index (χ2n) is 6.63. The van der Waals surface area contributed by atoms with Gasteiger partial charge in [0.15, 0.2) is 0 Å². The van der Waals surface area contributed by atoms with Crippen LogP contribution in [0.25, 0.3) is 0 Å². The van der Waals surface area contributed by atoms with E-state index in [4.69, 9.17) is 5.73 Å². The van der Waals surface area contributed by atoms with Crippen LogP contribution < -0.4 is 5.73 Å². The van der Waals surface area contributed by atoms with Gasteiger partial charge < -0.3 is 5.73 Å². The predicted molar refractivity (Wildman–Crippen MR) is 76.0 cm³/mol. The van der Waals surface area contributed by atoms with E-state index in [1.54, 1.807) is 12.1 Å². The third-order valence-electron chi connectivity index (χ3n) is 4.30. The molecule has 1 aromatic rings. The first kappa shape index (κ1) is 14.0. The van der Waals surface area contributed by atoms with E-state index in [1.807, 2.05) is 12.1 Å². The molecule has 0 atom stereocenters. The molecule has 1 aliphatic rings. The van der Waals surface area contributed by atoms with Crippen LogP contribution in [0, 0.1) is 15.5 Å². The molecule has 1 aliphatic carbocycles. The van der Waals surface area contributed by atoms with E-state index < -0.39 is 0 Å². The van der Waals surface area contributed by atoms with E-state index in [-0.39, 0.29) is 16.1 Å². The Balaban J connectivity index is 2.03. The van der Waals surface area contributed by atoms with Gasteiger partial charge in [-0.15, -0.1) is 0 Å². The number of nitrogens with two attached hydrogens (primary N) is 1. The van der Waals surface area contributed by atoms with Crippen molar-refractivity contribution in [2.24, 2.45) is 11.1 Å². The number of benzene rings is 1. The van der Waals surface area contributed by atoms with Gasteiger partial charge in [0.05, 0.1) is 4.92 Å². The van der Waals surface area contributed by atoms with Crippen molar-refractivity contribution in [1.29, 1.82) is 0 Å². The van der Waals surface area contributed by atoms with Crippen LogP contribution >= 0.6 is 0 Å². The summed E-state index contributed by atoms with van der Waals surface area (Å²) in [4.78, 5) is 10.2. The predicted octanol–water partition coefficient (Wildman–Crippen LogP) is 3.44. The number of hydrogen-bond donors (Lipinski definition) is 1. The molecule has 0 amide bonds. The molecule has 0 spiro atoms. The summed E-state index contributed by atoms with van der Waals surface area (Å²) in [6.45, 7) is 4.58. The minimum absolute atomic E-state index is 0.139. The lowest BCUT2D eigenvalue weighted by Gasteiger charge is -2.41. The maximum absolute atomic E-state index is 10.6. The number of hydrogen-bond acceptors (Lipinski definition) is 3. The van der Waals surface area contributed by atoms with Crippen molar-refractivity contribution < 1.29 is 4.92 Å². The van der Waals surface area contributed by atoms with Crippen molar-refractivity contribution in [3.63, 3.8) is 0 Å². The van der Waals surface area contributed by atoms with Gasteiger partial charge in [0, 0.05) is 17.7 Å². The standard InChI is InChI=1S/C15H22N2O2/c1-14(2)7-9-15(16,10-8-14)11-12-3-5-13(6-4-12)17(18)19/h3-6H,7-11,16H2,1-2H3. The van der Waals surface area contributed by atoms with Crippen LogP contribution in [0.2, 0.25) is 0 Å². The number of rotatable bonds is 3. The molecule has 2 rings (SSSR count). The molecule has 4 nitrogen and oxygen atoms in total. The fourth-order valence-corrected chi connectivity index (χ4v) is 2.74. The lowest BCUT2D eigenvalue weighted by Crippen LogP contribution is -2.46. The summed E-state index contributed by atoms with van der Waals surface area (Å²) < 4.78 is 0. The molecule has 104 valence electrons. The maximum Gasteiger partial charge on any atom is 0.269 e. The molecular formula is C15H22N2O2. The molecule has 0 aliphatic heterocycles. The summed E-state index contributed by atoms with van der Waals surface area (Å²) >= 11 is 0. The average molecular weight is 262 g/mol. The van der Waals surface area contributed by atoms with Crippen molar-refractivity contribution in [3.8, 4) is 0 Å².